The number of aliphatic carboxylic acids is 1. The standard InChI is InChI=1S/C15H19NO4/c1-10-7-8-16(13(9-10)15(18)19)14(17)6-5-12-4-3-11(2)20-12/h3-6,10,13H,7-9H2,1-2H3,(H,18,19)/b6-5+. The maximum Gasteiger partial charge on any atom is 0.326 e. The highest BCUT2D eigenvalue weighted by molar-refractivity contribution is 5.94. The van der Waals surface area contributed by atoms with E-state index < -0.39 is 12.0 Å². The van der Waals surface area contributed by atoms with E-state index in [0.717, 1.165) is 12.2 Å². The molecule has 0 saturated carbocycles. The van der Waals surface area contributed by atoms with Gasteiger partial charge < -0.3 is 14.4 Å². The minimum atomic E-state index is -0.938. The molecular formula is C15H19NO4. The molecule has 2 heterocycles. The molecule has 108 valence electrons. The summed E-state index contributed by atoms with van der Waals surface area (Å²) in [5, 5.41) is 9.23. The van der Waals surface area contributed by atoms with Crippen molar-refractivity contribution in [2.75, 3.05) is 6.54 Å². The van der Waals surface area contributed by atoms with Crippen molar-refractivity contribution >= 4 is 18.0 Å². The van der Waals surface area contributed by atoms with Crippen molar-refractivity contribution in [1.29, 1.82) is 0 Å². The Morgan fingerprint density at radius 1 is 1.45 bits per heavy atom. The molecule has 2 rings (SSSR count). The second kappa shape index (κ2) is 5.94. The summed E-state index contributed by atoms with van der Waals surface area (Å²) in [7, 11) is 0. The number of carboxylic acids is 1. The summed E-state index contributed by atoms with van der Waals surface area (Å²) >= 11 is 0. The van der Waals surface area contributed by atoms with Gasteiger partial charge in [-0.15, -0.1) is 0 Å². The number of carbonyl (C=O) groups is 2. The van der Waals surface area contributed by atoms with E-state index in [2.05, 4.69) is 0 Å². The van der Waals surface area contributed by atoms with Crippen LogP contribution in [0.4, 0.5) is 0 Å². The third kappa shape index (κ3) is 3.29. The molecule has 1 aromatic heterocycles. The number of hydrogen-bond acceptors (Lipinski definition) is 3. The predicted octanol–water partition coefficient (Wildman–Crippen LogP) is 2.31. The molecule has 0 aromatic carbocycles. The molecule has 2 atom stereocenters. The van der Waals surface area contributed by atoms with Crippen LogP contribution in [0.2, 0.25) is 0 Å². The number of hydrogen-bond donors (Lipinski definition) is 1. The molecule has 1 fully saturated rings. The van der Waals surface area contributed by atoms with E-state index in [1.54, 1.807) is 12.1 Å². The van der Waals surface area contributed by atoms with E-state index in [0.29, 0.717) is 24.6 Å². The van der Waals surface area contributed by atoms with E-state index in [4.69, 9.17) is 4.42 Å². The van der Waals surface area contributed by atoms with Gasteiger partial charge in [-0.25, -0.2) is 4.79 Å². The first kappa shape index (κ1) is 14.4. The van der Waals surface area contributed by atoms with E-state index >= 15 is 0 Å². The van der Waals surface area contributed by atoms with Crippen molar-refractivity contribution in [3.8, 4) is 0 Å². The molecule has 1 N–H and O–H groups in total. The summed E-state index contributed by atoms with van der Waals surface area (Å²) in [6, 6.07) is 2.85. The van der Waals surface area contributed by atoms with E-state index in [9.17, 15) is 14.7 Å². The first-order valence-corrected chi connectivity index (χ1v) is 6.75. The van der Waals surface area contributed by atoms with Gasteiger partial charge in [-0.2, -0.15) is 0 Å². The number of aryl methyl sites for hydroxylation is 1. The topological polar surface area (TPSA) is 70.8 Å². The number of likely N-dealkylation sites (tertiary alicyclic amines) is 1. The molecule has 1 aliphatic heterocycles. The Labute approximate surface area is 117 Å². The van der Waals surface area contributed by atoms with Crippen molar-refractivity contribution < 1.29 is 19.1 Å². The first-order chi connectivity index (χ1) is 9.47. The Bertz CT molecular complexity index is 532. The molecule has 1 aliphatic rings. The third-order valence-corrected chi connectivity index (χ3v) is 3.58. The number of piperidine rings is 1. The fraction of sp³-hybridized carbons (Fsp3) is 0.467. The zero-order valence-electron chi connectivity index (χ0n) is 11.7. The molecule has 0 aliphatic carbocycles. The molecule has 1 aromatic rings. The Morgan fingerprint density at radius 2 is 2.20 bits per heavy atom. The van der Waals surface area contributed by atoms with Crippen LogP contribution in [0.5, 0.6) is 0 Å². The molecule has 5 heteroatoms. The van der Waals surface area contributed by atoms with Crippen LogP contribution in [0.3, 0.4) is 0 Å². The lowest BCUT2D eigenvalue weighted by molar-refractivity contribution is -0.151. The van der Waals surface area contributed by atoms with Crippen LogP contribution in [0, 0.1) is 12.8 Å². The Morgan fingerprint density at radius 3 is 2.80 bits per heavy atom. The fourth-order valence-electron chi connectivity index (χ4n) is 2.43. The highest BCUT2D eigenvalue weighted by atomic mass is 16.4. The average Bonchev–Trinajstić information content (AvgIpc) is 2.81. The zero-order valence-corrected chi connectivity index (χ0v) is 11.7. The second-order valence-electron chi connectivity index (χ2n) is 5.30. The average molecular weight is 277 g/mol. The summed E-state index contributed by atoms with van der Waals surface area (Å²) < 4.78 is 5.34. The van der Waals surface area contributed by atoms with E-state index in [-0.39, 0.29) is 5.91 Å². The zero-order chi connectivity index (χ0) is 14.7. The second-order valence-corrected chi connectivity index (χ2v) is 5.30. The Balaban J connectivity index is 2.07. The number of rotatable bonds is 3. The van der Waals surface area contributed by atoms with Gasteiger partial charge in [0.2, 0.25) is 5.91 Å². The summed E-state index contributed by atoms with van der Waals surface area (Å²) in [5.74, 6) is 0.475. The maximum absolute atomic E-state index is 12.1. The third-order valence-electron chi connectivity index (χ3n) is 3.58. The highest BCUT2D eigenvalue weighted by Gasteiger charge is 2.33. The van der Waals surface area contributed by atoms with Crippen molar-refractivity contribution in [2.24, 2.45) is 5.92 Å². The smallest absolute Gasteiger partial charge is 0.326 e. The molecule has 0 spiro atoms. The van der Waals surface area contributed by atoms with Gasteiger partial charge in [-0.1, -0.05) is 6.92 Å². The van der Waals surface area contributed by atoms with Crippen LogP contribution in [-0.2, 0) is 9.59 Å². The van der Waals surface area contributed by atoms with E-state index in [1.807, 2.05) is 19.9 Å². The lowest BCUT2D eigenvalue weighted by Gasteiger charge is -2.35. The summed E-state index contributed by atoms with van der Waals surface area (Å²) in [6.45, 7) is 4.32. The van der Waals surface area contributed by atoms with Crippen molar-refractivity contribution in [1.82, 2.24) is 4.90 Å². The largest absolute Gasteiger partial charge is 0.480 e. The van der Waals surface area contributed by atoms with Crippen LogP contribution < -0.4 is 0 Å². The summed E-state index contributed by atoms with van der Waals surface area (Å²) in [5.41, 5.74) is 0. The van der Waals surface area contributed by atoms with Crippen LogP contribution in [-0.4, -0.2) is 34.5 Å². The minimum Gasteiger partial charge on any atom is -0.480 e. The van der Waals surface area contributed by atoms with Gasteiger partial charge in [0.05, 0.1) is 0 Å². The fourth-order valence-corrected chi connectivity index (χ4v) is 2.43. The first-order valence-electron chi connectivity index (χ1n) is 6.75. The van der Waals surface area contributed by atoms with Crippen LogP contribution in [0.15, 0.2) is 22.6 Å². The quantitative estimate of drug-likeness (QED) is 0.861. The number of carbonyl (C=O) groups excluding carboxylic acids is 1. The monoisotopic (exact) mass is 277 g/mol. The number of amides is 1. The number of carboxylic acid groups (broad SMARTS) is 1. The summed E-state index contributed by atoms with van der Waals surface area (Å²) in [4.78, 5) is 24.8. The van der Waals surface area contributed by atoms with Crippen molar-refractivity contribution in [3.63, 3.8) is 0 Å². The molecule has 2 unspecified atom stereocenters. The lowest BCUT2D eigenvalue weighted by atomic mass is 9.92. The van der Waals surface area contributed by atoms with Crippen molar-refractivity contribution in [2.45, 2.75) is 32.7 Å². The molecule has 20 heavy (non-hydrogen) atoms. The number of furan rings is 1. The van der Waals surface area contributed by atoms with Gasteiger partial charge in [0.25, 0.3) is 0 Å². The van der Waals surface area contributed by atoms with Gasteiger partial charge >= 0.3 is 5.97 Å². The molecule has 0 radical (unpaired) electrons. The van der Waals surface area contributed by atoms with Crippen LogP contribution in [0.1, 0.15) is 31.3 Å². The van der Waals surface area contributed by atoms with Gasteiger partial charge in [-0.3, -0.25) is 4.79 Å². The Kier molecular flexibility index (Phi) is 4.27. The lowest BCUT2D eigenvalue weighted by Crippen LogP contribution is -2.49. The molecule has 1 saturated heterocycles. The SMILES string of the molecule is Cc1ccc(/C=C/C(=O)N2CCC(C)CC2C(=O)O)o1. The van der Waals surface area contributed by atoms with Crippen molar-refractivity contribution in [3.05, 3.63) is 29.7 Å². The number of nitrogens with zero attached hydrogens (tertiary/aromatic N) is 1. The van der Waals surface area contributed by atoms with Crippen LogP contribution in [0.25, 0.3) is 6.08 Å². The van der Waals surface area contributed by atoms with Gasteiger partial charge in [0.1, 0.15) is 17.6 Å². The predicted molar refractivity (Wildman–Crippen MR) is 74.0 cm³/mol. The maximum atomic E-state index is 12.1. The van der Waals surface area contributed by atoms with Gasteiger partial charge in [-0.05, 0) is 43.9 Å². The minimum absolute atomic E-state index is 0.279. The molecule has 0 bridgehead atoms. The molecule has 1 amide bonds. The van der Waals surface area contributed by atoms with Crippen LogP contribution >= 0.6 is 0 Å². The Hall–Kier alpha value is -2.04. The van der Waals surface area contributed by atoms with Gasteiger partial charge in [0, 0.05) is 12.6 Å². The normalized spacial score (nSPS) is 23.2. The highest BCUT2D eigenvalue weighted by Crippen LogP contribution is 2.23. The molecular weight excluding hydrogens is 258 g/mol. The van der Waals surface area contributed by atoms with Gasteiger partial charge in [0.15, 0.2) is 0 Å². The summed E-state index contributed by atoms with van der Waals surface area (Å²) in [6.07, 6.45) is 4.30. The molecule has 5 nitrogen and oxygen atoms in total. The van der Waals surface area contributed by atoms with E-state index in [1.165, 1.54) is 11.0 Å².